The van der Waals surface area contributed by atoms with Crippen molar-refractivity contribution < 1.29 is 28.6 Å². The Hall–Kier alpha value is -3.36. The van der Waals surface area contributed by atoms with Crippen LogP contribution in [0.5, 0.6) is 5.75 Å². The van der Waals surface area contributed by atoms with Crippen molar-refractivity contribution >= 4 is 28.8 Å². The van der Waals surface area contributed by atoms with Crippen LogP contribution in [0.15, 0.2) is 21.3 Å². The minimum atomic E-state index is -1.18. The summed E-state index contributed by atoms with van der Waals surface area (Å²) >= 11 is 0. The number of hydrogen-bond acceptors (Lipinski definition) is 6. The molecule has 0 aliphatic rings. The van der Waals surface area contributed by atoms with Crippen LogP contribution in [0.25, 0.3) is 11.0 Å². The standard InChI is InChI=1S/C19H22N2O7/c1-9-10(2)19(26)28-17-11(3)14(6-5-13(9)17)27-12(4)18(25)21-7-15(22)20-8-16(23)24/h5-6,12H,7-8H2,1-4H3,(H,20,22)(H,21,25)(H,23,24). The van der Waals surface area contributed by atoms with E-state index in [0.29, 0.717) is 22.5 Å². The second-order valence-corrected chi connectivity index (χ2v) is 6.35. The van der Waals surface area contributed by atoms with Crippen molar-refractivity contribution in [1.82, 2.24) is 10.6 Å². The summed E-state index contributed by atoms with van der Waals surface area (Å²) in [6.45, 7) is 5.86. The lowest BCUT2D eigenvalue weighted by atomic mass is 10.0. The van der Waals surface area contributed by atoms with E-state index in [1.807, 2.05) is 6.92 Å². The van der Waals surface area contributed by atoms with E-state index in [9.17, 15) is 19.2 Å². The average molecular weight is 390 g/mol. The maximum atomic E-state index is 12.1. The average Bonchev–Trinajstić information content (AvgIpc) is 2.65. The number of ether oxygens (including phenoxy) is 1. The van der Waals surface area contributed by atoms with Crippen molar-refractivity contribution in [1.29, 1.82) is 0 Å². The van der Waals surface area contributed by atoms with Gasteiger partial charge in [0.15, 0.2) is 6.10 Å². The molecule has 0 aliphatic carbocycles. The van der Waals surface area contributed by atoms with Gasteiger partial charge in [0.25, 0.3) is 5.91 Å². The van der Waals surface area contributed by atoms with Gasteiger partial charge < -0.3 is 24.9 Å². The largest absolute Gasteiger partial charge is 0.480 e. The van der Waals surface area contributed by atoms with Crippen LogP contribution in [0, 0.1) is 20.8 Å². The lowest BCUT2D eigenvalue weighted by Crippen LogP contribution is -2.43. The van der Waals surface area contributed by atoms with Gasteiger partial charge in [-0.1, -0.05) is 0 Å². The number of aliphatic carboxylic acids is 1. The number of rotatable bonds is 7. The van der Waals surface area contributed by atoms with E-state index in [4.69, 9.17) is 14.3 Å². The van der Waals surface area contributed by atoms with Gasteiger partial charge in [-0.2, -0.15) is 0 Å². The number of carboxylic acid groups (broad SMARTS) is 1. The van der Waals surface area contributed by atoms with E-state index < -0.39 is 36.1 Å². The third-order valence-electron chi connectivity index (χ3n) is 4.36. The summed E-state index contributed by atoms with van der Waals surface area (Å²) in [6, 6.07) is 3.44. The number of aryl methyl sites for hydroxylation is 2. The molecule has 1 heterocycles. The molecule has 9 heteroatoms. The van der Waals surface area contributed by atoms with Gasteiger partial charge in [-0.15, -0.1) is 0 Å². The number of nitrogens with one attached hydrogen (secondary N) is 2. The molecule has 28 heavy (non-hydrogen) atoms. The zero-order valence-corrected chi connectivity index (χ0v) is 16.0. The third kappa shape index (κ3) is 4.67. The van der Waals surface area contributed by atoms with Crippen molar-refractivity contribution in [3.8, 4) is 5.75 Å². The molecular formula is C19H22N2O7. The first kappa shape index (κ1) is 20.9. The molecule has 1 atom stereocenters. The van der Waals surface area contributed by atoms with Gasteiger partial charge in [0.2, 0.25) is 5.91 Å². The van der Waals surface area contributed by atoms with Crippen molar-refractivity contribution in [3.63, 3.8) is 0 Å². The highest BCUT2D eigenvalue weighted by Crippen LogP contribution is 2.29. The third-order valence-corrected chi connectivity index (χ3v) is 4.36. The lowest BCUT2D eigenvalue weighted by molar-refractivity contribution is -0.137. The van der Waals surface area contributed by atoms with Crippen molar-refractivity contribution in [2.45, 2.75) is 33.8 Å². The molecule has 9 nitrogen and oxygen atoms in total. The van der Waals surface area contributed by atoms with Gasteiger partial charge in [0, 0.05) is 16.5 Å². The minimum absolute atomic E-state index is 0.371. The van der Waals surface area contributed by atoms with Gasteiger partial charge in [-0.25, -0.2) is 4.79 Å². The van der Waals surface area contributed by atoms with Gasteiger partial charge in [-0.05, 0) is 45.4 Å². The molecule has 0 saturated carbocycles. The summed E-state index contributed by atoms with van der Waals surface area (Å²) in [5.41, 5.74) is 1.90. The molecule has 1 unspecified atom stereocenters. The number of carbonyl (C=O) groups excluding carboxylic acids is 2. The van der Waals surface area contributed by atoms with E-state index in [1.165, 1.54) is 6.92 Å². The second-order valence-electron chi connectivity index (χ2n) is 6.35. The smallest absolute Gasteiger partial charge is 0.339 e. The van der Waals surface area contributed by atoms with Gasteiger partial charge in [0.05, 0.1) is 6.54 Å². The minimum Gasteiger partial charge on any atom is -0.480 e. The Morgan fingerprint density at radius 2 is 1.75 bits per heavy atom. The summed E-state index contributed by atoms with van der Waals surface area (Å²) < 4.78 is 11.0. The molecular weight excluding hydrogens is 368 g/mol. The Morgan fingerprint density at radius 3 is 2.39 bits per heavy atom. The Bertz CT molecular complexity index is 994. The van der Waals surface area contributed by atoms with E-state index in [0.717, 1.165) is 10.9 Å². The number of fused-ring (bicyclic) bond motifs is 1. The molecule has 0 bridgehead atoms. The molecule has 1 aromatic heterocycles. The highest BCUT2D eigenvalue weighted by Gasteiger charge is 2.19. The molecule has 3 N–H and O–H groups in total. The first-order chi connectivity index (χ1) is 13.1. The van der Waals surface area contributed by atoms with E-state index in [1.54, 1.807) is 26.0 Å². The first-order valence-electron chi connectivity index (χ1n) is 8.58. The first-order valence-corrected chi connectivity index (χ1v) is 8.58. The van der Waals surface area contributed by atoms with E-state index in [-0.39, 0.29) is 6.54 Å². The lowest BCUT2D eigenvalue weighted by Gasteiger charge is -2.17. The monoisotopic (exact) mass is 390 g/mol. The van der Waals surface area contributed by atoms with Gasteiger partial charge in [0.1, 0.15) is 17.9 Å². The van der Waals surface area contributed by atoms with Crippen molar-refractivity contribution in [2.24, 2.45) is 0 Å². The van der Waals surface area contributed by atoms with Crippen LogP contribution < -0.4 is 21.0 Å². The van der Waals surface area contributed by atoms with Gasteiger partial charge >= 0.3 is 11.6 Å². The van der Waals surface area contributed by atoms with Crippen molar-refractivity contribution in [2.75, 3.05) is 13.1 Å². The van der Waals surface area contributed by atoms with Crippen LogP contribution in [-0.4, -0.2) is 42.1 Å². The number of carbonyl (C=O) groups is 3. The highest BCUT2D eigenvalue weighted by molar-refractivity contribution is 5.89. The van der Waals surface area contributed by atoms with Crippen LogP contribution >= 0.6 is 0 Å². The second kappa shape index (κ2) is 8.55. The zero-order valence-electron chi connectivity index (χ0n) is 16.0. The zero-order chi connectivity index (χ0) is 21.0. The number of hydrogen-bond donors (Lipinski definition) is 3. The van der Waals surface area contributed by atoms with Crippen LogP contribution in [-0.2, 0) is 14.4 Å². The Balaban J connectivity index is 2.09. The normalized spacial score (nSPS) is 11.7. The molecule has 0 spiro atoms. The fraction of sp³-hybridized carbons (Fsp3) is 0.368. The molecule has 2 amide bonds. The SMILES string of the molecule is Cc1c(C)c2ccc(OC(C)C(=O)NCC(=O)NCC(=O)O)c(C)c2oc1=O. The maximum absolute atomic E-state index is 12.1. The number of amides is 2. The highest BCUT2D eigenvalue weighted by atomic mass is 16.5. The molecule has 0 aliphatic heterocycles. The van der Waals surface area contributed by atoms with Crippen LogP contribution in [0.3, 0.4) is 0 Å². The number of benzene rings is 1. The molecule has 0 fully saturated rings. The number of carboxylic acids is 1. The quantitative estimate of drug-likeness (QED) is 0.595. The predicted molar refractivity (Wildman–Crippen MR) is 100 cm³/mol. The maximum Gasteiger partial charge on any atom is 0.339 e. The van der Waals surface area contributed by atoms with Crippen LogP contribution in [0.4, 0.5) is 0 Å². The molecule has 2 aromatic rings. The van der Waals surface area contributed by atoms with Crippen LogP contribution in [0.2, 0.25) is 0 Å². The van der Waals surface area contributed by atoms with E-state index in [2.05, 4.69) is 10.6 Å². The molecule has 0 saturated heterocycles. The van der Waals surface area contributed by atoms with Crippen molar-refractivity contribution in [3.05, 3.63) is 39.2 Å². The predicted octanol–water partition coefficient (Wildman–Crippen LogP) is 0.803. The topological polar surface area (TPSA) is 135 Å². The Labute approximate surface area is 160 Å². The summed E-state index contributed by atoms with van der Waals surface area (Å²) in [7, 11) is 0. The fourth-order valence-corrected chi connectivity index (χ4v) is 2.54. The summed E-state index contributed by atoms with van der Waals surface area (Å²) in [5.74, 6) is -1.99. The summed E-state index contributed by atoms with van der Waals surface area (Å²) in [6.07, 6.45) is -0.929. The molecule has 150 valence electrons. The van der Waals surface area contributed by atoms with Crippen LogP contribution in [0.1, 0.15) is 23.6 Å². The molecule has 1 aromatic carbocycles. The molecule has 2 rings (SSSR count). The fourth-order valence-electron chi connectivity index (χ4n) is 2.54. The summed E-state index contributed by atoms with van der Waals surface area (Å²) in [5, 5.41) is 13.8. The van der Waals surface area contributed by atoms with E-state index >= 15 is 0 Å². The molecule has 0 radical (unpaired) electrons. The Kier molecular flexibility index (Phi) is 6.40. The van der Waals surface area contributed by atoms with Gasteiger partial charge in [-0.3, -0.25) is 14.4 Å². The summed E-state index contributed by atoms with van der Waals surface area (Å²) in [4.78, 5) is 45.9. The Morgan fingerprint density at radius 1 is 1.07 bits per heavy atom.